The molecule has 0 radical (unpaired) electrons. The van der Waals surface area contributed by atoms with Crippen LogP contribution >= 0.6 is 11.8 Å². The van der Waals surface area contributed by atoms with Gasteiger partial charge in [0.2, 0.25) is 0 Å². The van der Waals surface area contributed by atoms with Crippen LogP contribution in [0.25, 0.3) is 0 Å². The predicted molar refractivity (Wildman–Crippen MR) is 109 cm³/mol. The minimum Gasteiger partial charge on any atom is -0.351 e. The zero-order chi connectivity index (χ0) is 21.0. The summed E-state index contributed by atoms with van der Waals surface area (Å²) in [6.45, 7) is 2.21. The molecule has 0 fully saturated rings. The molecule has 3 rings (SSSR count). The second-order valence-corrected chi connectivity index (χ2v) is 7.46. The number of hydrogen-bond donors (Lipinski definition) is 2. The second-order valence-electron chi connectivity index (χ2n) is 6.40. The number of aryl methyl sites for hydroxylation is 3. The molecule has 0 aliphatic rings. The van der Waals surface area contributed by atoms with Gasteiger partial charge in [0.25, 0.3) is 11.8 Å². The molecule has 29 heavy (non-hydrogen) atoms. The molecular formula is C19H21FN6O2S. The summed E-state index contributed by atoms with van der Waals surface area (Å²) >= 11 is 1.50. The van der Waals surface area contributed by atoms with E-state index in [2.05, 4.69) is 20.7 Å². The molecule has 0 unspecified atom stereocenters. The fourth-order valence-corrected chi connectivity index (χ4v) is 3.35. The van der Waals surface area contributed by atoms with E-state index in [-0.39, 0.29) is 16.9 Å². The molecule has 0 saturated heterocycles. The number of aromatic nitrogens is 4. The number of hydrogen-bond acceptors (Lipinski definition) is 5. The maximum absolute atomic E-state index is 14.0. The Morgan fingerprint density at radius 3 is 2.62 bits per heavy atom. The third-order valence-corrected chi connectivity index (χ3v) is 5.22. The molecule has 2 heterocycles. The minimum atomic E-state index is -0.618. The molecule has 0 aliphatic heterocycles. The Kier molecular flexibility index (Phi) is 6.32. The molecule has 0 atom stereocenters. The lowest BCUT2D eigenvalue weighted by Gasteiger charge is -2.08. The molecule has 0 saturated carbocycles. The van der Waals surface area contributed by atoms with Gasteiger partial charge in [-0.1, -0.05) is 11.8 Å². The number of anilines is 1. The van der Waals surface area contributed by atoms with Crippen molar-refractivity contribution in [2.24, 2.45) is 14.1 Å². The molecule has 0 spiro atoms. The Hall–Kier alpha value is -3.14. The van der Waals surface area contributed by atoms with Crippen molar-refractivity contribution in [3.05, 3.63) is 59.4 Å². The molecule has 1 aromatic carbocycles. The van der Waals surface area contributed by atoms with Crippen molar-refractivity contribution in [3.63, 3.8) is 0 Å². The van der Waals surface area contributed by atoms with Crippen LogP contribution in [0, 0.1) is 12.7 Å². The largest absolute Gasteiger partial charge is 0.351 e. The average Bonchev–Trinajstić information content (AvgIpc) is 3.23. The van der Waals surface area contributed by atoms with Crippen LogP contribution in [-0.4, -0.2) is 43.4 Å². The fraction of sp³-hybridized carbons (Fsp3) is 0.263. The van der Waals surface area contributed by atoms with E-state index in [1.165, 1.54) is 17.8 Å². The highest BCUT2D eigenvalue weighted by Crippen LogP contribution is 2.16. The SMILES string of the molecule is Cc1cc(C(=O)Nc2cc(F)cc(C(=O)NCCSc3nccn3C)c2)nn1C. The lowest BCUT2D eigenvalue weighted by Crippen LogP contribution is -2.26. The highest BCUT2D eigenvalue weighted by atomic mass is 32.2. The first kappa shape index (κ1) is 20.6. The van der Waals surface area contributed by atoms with Crippen molar-refractivity contribution in [3.8, 4) is 0 Å². The molecule has 3 aromatic rings. The summed E-state index contributed by atoms with van der Waals surface area (Å²) < 4.78 is 17.4. The van der Waals surface area contributed by atoms with Gasteiger partial charge >= 0.3 is 0 Å². The number of thioether (sulfide) groups is 1. The molecule has 2 aromatic heterocycles. The molecule has 152 valence electrons. The molecule has 10 heteroatoms. The van der Waals surface area contributed by atoms with Crippen LogP contribution in [0.1, 0.15) is 26.5 Å². The summed E-state index contributed by atoms with van der Waals surface area (Å²) in [4.78, 5) is 28.8. The minimum absolute atomic E-state index is 0.125. The number of carbonyl (C=O) groups is 2. The first-order valence-electron chi connectivity index (χ1n) is 8.84. The Morgan fingerprint density at radius 1 is 1.17 bits per heavy atom. The van der Waals surface area contributed by atoms with E-state index in [0.29, 0.717) is 12.3 Å². The van der Waals surface area contributed by atoms with Gasteiger partial charge in [0, 0.05) is 55.7 Å². The van der Waals surface area contributed by atoms with E-state index >= 15 is 0 Å². The highest BCUT2D eigenvalue weighted by molar-refractivity contribution is 7.99. The van der Waals surface area contributed by atoms with Gasteiger partial charge in [-0.15, -0.1) is 0 Å². The quantitative estimate of drug-likeness (QED) is 0.456. The fourth-order valence-electron chi connectivity index (χ4n) is 2.56. The third-order valence-electron chi connectivity index (χ3n) is 4.16. The molecule has 0 bridgehead atoms. The van der Waals surface area contributed by atoms with Gasteiger partial charge in [0.15, 0.2) is 10.9 Å². The van der Waals surface area contributed by atoms with Gasteiger partial charge < -0.3 is 15.2 Å². The van der Waals surface area contributed by atoms with Crippen LogP contribution in [0.3, 0.4) is 0 Å². The summed E-state index contributed by atoms with van der Waals surface area (Å²) in [6, 6.07) is 5.34. The normalized spacial score (nSPS) is 10.8. The van der Waals surface area contributed by atoms with Crippen LogP contribution in [0.4, 0.5) is 10.1 Å². The van der Waals surface area contributed by atoms with Crippen LogP contribution in [0.2, 0.25) is 0 Å². The van der Waals surface area contributed by atoms with Gasteiger partial charge in [-0.2, -0.15) is 5.10 Å². The van der Waals surface area contributed by atoms with E-state index in [1.54, 1.807) is 24.0 Å². The topological polar surface area (TPSA) is 93.8 Å². The van der Waals surface area contributed by atoms with Crippen LogP contribution in [0.15, 0.2) is 41.8 Å². The average molecular weight is 416 g/mol. The van der Waals surface area contributed by atoms with Crippen LogP contribution in [-0.2, 0) is 14.1 Å². The number of imidazole rings is 1. The lowest BCUT2D eigenvalue weighted by atomic mass is 10.1. The van der Waals surface area contributed by atoms with Crippen molar-refractivity contribution >= 4 is 29.3 Å². The smallest absolute Gasteiger partial charge is 0.276 e. The second kappa shape index (κ2) is 8.91. The first-order chi connectivity index (χ1) is 13.8. The van der Waals surface area contributed by atoms with E-state index in [9.17, 15) is 14.0 Å². The van der Waals surface area contributed by atoms with Gasteiger partial charge in [0.05, 0.1) is 0 Å². The van der Waals surface area contributed by atoms with Crippen molar-refractivity contribution in [2.75, 3.05) is 17.6 Å². The Bertz CT molecular complexity index is 1030. The summed E-state index contributed by atoms with van der Waals surface area (Å²) in [7, 11) is 3.62. The van der Waals surface area contributed by atoms with Gasteiger partial charge in [-0.3, -0.25) is 14.3 Å². The molecule has 8 nitrogen and oxygen atoms in total. The van der Waals surface area contributed by atoms with Crippen molar-refractivity contribution < 1.29 is 14.0 Å². The number of carbonyl (C=O) groups excluding carboxylic acids is 2. The number of nitrogens with zero attached hydrogens (tertiary/aromatic N) is 4. The zero-order valence-corrected chi connectivity index (χ0v) is 17.1. The summed E-state index contributed by atoms with van der Waals surface area (Å²) in [5.74, 6) is -0.895. The van der Waals surface area contributed by atoms with Crippen molar-refractivity contribution in [1.29, 1.82) is 0 Å². The van der Waals surface area contributed by atoms with Crippen molar-refractivity contribution in [2.45, 2.75) is 12.1 Å². The van der Waals surface area contributed by atoms with E-state index in [1.807, 2.05) is 24.7 Å². The first-order valence-corrected chi connectivity index (χ1v) is 9.83. The maximum Gasteiger partial charge on any atom is 0.276 e. The number of halogens is 1. The van der Waals surface area contributed by atoms with Crippen molar-refractivity contribution in [1.82, 2.24) is 24.6 Å². The monoisotopic (exact) mass is 416 g/mol. The van der Waals surface area contributed by atoms with Crippen LogP contribution < -0.4 is 10.6 Å². The number of amides is 2. The van der Waals surface area contributed by atoms with Gasteiger partial charge in [0.1, 0.15) is 5.82 Å². The summed E-state index contributed by atoms with van der Waals surface area (Å²) in [5, 5.41) is 10.2. The zero-order valence-electron chi connectivity index (χ0n) is 16.3. The number of nitrogens with one attached hydrogen (secondary N) is 2. The predicted octanol–water partition coefficient (Wildman–Crippen LogP) is 2.38. The highest BCUT2D eigenvalue weighted by Gasteiger charge is 2.14. The van der Waals surface area contributed by atoms with Crippen LogP contribution in [0.5, 0.6) is 0 Å². The molecular weight excluding hydrogens is 395 g/mol. The lowest BCUT2D eigenvalue weighted by molar-refractivity contribution is 0.0954. The maximum atomic E-state index is 14.0. The van der Waals surface area contributed by atoms with Gasteiger partial charge in [-0.05, 0) is 31.2 Å². The Labute approximate surface area is 171 Å². The summed E-state index contributed by atoms with van der Waals surface area (Å²) in [5.41, 5.74) is 1.34. The van der Waals surface area contributed by atoms with E-state index in [0.717, 1.165) is 23.0 Å². The standard InChI is InChI=1S/C19H21FN6O2S/c1-12-8-16(24-26(12)3)18(28)23-15-10-13(9-14(20)11-15)17(27)21-5-7-29-19-22-4-6-25(19)2/h4,6,8-11H,5,7H2,1-3H3,(H,21,27)(H,23,28). The molecule has 2 N–H and O–H groups in total. The third kappa shape index (κ3) is 5.23. The van der Waals surface area contributed by atoms with E-state index < -0.39 is 17.6 Å². The number of benzene rings is 1. The Morgan fingerprint density at radius 2 is 1.97 bits per heavy atom. The number of rotatable bonds is 7. The molecule has 2 amide bonds. The Balaban J connectivity index is 1.59. The summed E-state index contributed by atoms with van der Waals surface area (Å²) in [6.07, 6.45) is 3.55. The van der Waals surface area contributed by atoms with E-state index in [4.69, 9.17) is 0 Å². The van der Waals surface area contributed by atoms with Gasteiger partial charge in [-0.25, -0.2) is 9.37 Å². The molecule has 0 aliphatic carbocycles.